The molecule has 1 aliphatic rings. The number of nitrogens with one attached hydrogen (secondary N) is 1. The SMILES string of the molecule is CC(C)(C)N(CC(=O)O)C(=O)NC1CC=CCC1. The molecular formula is C13H22N2O3. The number of allylic oxidation sites excluding steroid dienone is 1. The molecule has 1 atom stereocenters. The first-order chi connectivity index (χ1) is 8.30. The second-order valence-corrected chi connectivity index (χ2v) is 5.58. The largest absolute Gasteiger partial charge is 0.480 e. The van der Waals surface area contributed by atoms with Crippen LogP contribution in [0.4, 0.5) is 4.79 Å². The summed E-state index contributed by atoms with van der Waals surface area (Å²) in [6, 6.07) is -0.189. The number of urea groups is 1. The molecule has 2 N–H and O–H groups in total. The van der Waals surface area contributed by atoms with Crippen molar-refractivity contribution >= 4 is 12.0 Å². The molecule has 0 aromatic heterocycles. The molecule has 0 spiro atoms. The van der Waals surface area contributed by atoms with Crippen molar-refractivity contribution in [2.45, 2.75) is 51.6 Å². The number of carboxylic acids is 1. The Morgan fingerprint density at radius 2 is 2.06 bits per heavy atom. The lowest BCUT2D eigenvalue weighted by atomic mass is 10.0. The average molecular weight is 254 g/mol. The van der Waals surface area contributed by atoms with E-state index in [0.29, 0.717) is 0 Å². The van der Waals surface area contributed by atoms with E-state index in [1.807, 2.05) is 26.8 Å². The fourth-order valence-corrected chi connectivity index (χ4v) is 1.93. The summed E-state index contributed by atoms with van der Waals surface area (Å²) >= 11 is 0. The van der Waals surface area contributed by atoms with Crippen LogP contribution in [0.25, 0.3) is 0 Å². The Labute approximate surface area is 108 Å². The normalized spacial score (nSPS) is 19.4. The minimum absolute atomic E-state index is 0.112. The summed E-state index contributed by atoms with van der Waals surface area (Å²) in [6.45, 7) is 5.21. The van der Waals surface area contributed by atoms with Crippen LogP contribution in [0.2, 0.25) is 0 Å². The summed E-state index contributed by atoms with van der Waals surface area (Å²) in [7, 11) is 0. The third-order valence-corrected chi connectivity index (χ3v) is 2.94. The van der Waals surface area contributed by atoms with Crippen LogP contribution < -0.4 is 5.32 Å². The van der Waals surface area contributed by atoms with E-state index in [1.165, 1.54) is 4.90 Å². The van der Waals surface area contributed by atoms with Gasteiger partial charge in [-0.25, -0.2) is 4.79 Å². The van der Waals surface area contributed by atoms with Gasteiger partial charge >= 0.3 is 12.0 Å². The maximum absolute atomic E-state index is 12.1. The van der Waals surface area contributed by atoms with Gasteiger partial charge in [0.15, 0.2) is 0 Å². The third kappa shape index (κ3) is 4.39. The molecule has 0 aromatic carbocycles. The predicted octanol–water partition coefficient (Wildman–Crippen LogP) is 1.99. The van der Waals surface area contributed by atoms with Crippen LogP contribution in [0.15, 0.2) is 12.2 Å². The monoisotopic (exact) mass is 254 g/mol. The van der Waals surface area contributed by atoms with E-state index in [0.717, 1.165) is 19.3 Å². The number of amides is 2. The number of carboxylic acid groups (broad SMARTS) is 1. The van der Waals surface area contributed by atoms with Crippen LogP contribution in [0, 0.1) is 0 Å². The molecule has 1 aliphatic carbocycles. The summed E-state index contributed by atoms with van der Waals surface area (Å²) < 4.78 is 0. The van der Waals surface area contributed by atoms with Crippen LogP contribution in [0.3, 0.4) is 0 Å². The van der Waals surface area contributed by atoms with Gasteiger partial charge in [0, 0.05) is 11.6 Å². The minimum Gasteiger partial charge on any atom is -0.480 e. The fourth-order valence-electron chi connectivity index (χ4n) is 1.93. The van der Waals surface area contributed by atoms with E-state index < -0.39 is 11.5 Å². The minimum atomic E-state index is -0.997. The first-order valence-corrected chi connectivity index (χ1v) is 6.25. The van der Waals surface area contributed by atoms with Crippen molar-refractivity contribution in [2.75, 3.05) is 6.54 Å². The highest BCUT2D eigenvalue weighted by Crippen LogP contribution is 2.15. The lowest BCUT2D eigenvalue weighted by Gasteiger charge is -2.35. The van der Waals surface area contributed by atoms with Gasteiger partial charge in [0.2, 0.25) is 0 Å². The van der Waals surface area contributed by atoms with Crippen LogP contribution in [-0.2, 0) is 4.79 Å². The highest BCUT2D eigenvalue weighted by molar-refractivity contribution is 5.81. The summed E-state index contributed by atoms with van der Waals surface area (Å²) in [5.41, 5.74) is -0.507. The number of rotatable bonds is 3. The lowest BCUT2D eigenvalue weighted by Crippen LogP contribution is -2.54. The Morgan fingerprint density at radius 3 is 2.50 bits per heavy atom. The lowest BCUT2D eigenvalue weighted by molar-refractivity contribution is -0.138. The molecule has 0 bridgehead atoms. The molecule has 0 aliphatic heterocycles. The number of aliphatic carboxylic acids is 1. The van der Waals surface area contributed by atoms with Crippen molar-refractivity contribution in [3.63, 3.8) is 0 Å². The second-order valence-electron chi connectivity index (χ2n) is 5.58. The molecular weight excluding hydrogens is 232 g/mol. The Balaban J connectivity index is 2.64. The van der Waals surface area contributed by atoms with Crippen molar-refractivity contribution in [1.29, 1.82) is 0 Å². The molecule has 5 heteroatoms. The zero-order valence-electron chi connectivity index (χ0n) is 11.3. The van der Waals surface area contributed by atoms with Gasteiger partial charge in [-0.15, -0.1) is 0 Å². The van der Waals surface area contributed by atoms with Gasteiger partial charge in [0.25, 0.3) is 0 Å². The average Bonchev–Trinajstić information content (AvgIpc) is 2.25. The van der Waals surface area contributed by atoms with Gasteiger partial charge in [0.05, 0.1) is 0 Å². The topological polar surface area (TPSA) is 69.6 Å². The third-order valence-electron chi connectivity index (χ3n) is 2.94. The highest BCUT2D eigenvalue weighted by atomic mass is 16.4. The summed E-state index contributed by atoms with van der Waals surface area (Å²) in [4.78, 5) is 24.3. The molecule has 0 saturated heterocycles. The number of nitrogens with zero attached hydrogens (tertiary/aromatic N) is 1. The number of carbonyl (C=O) groups excluding carboxylic acids is 1. The van der Waals surface area contributed by atoms with Crippen LogP contribution >= 0.6 is 0 Å². The zero-order valence-corrected chi connectivity index (χ0v) is 11.3. The Bertz CT molecular complexity index is 345. The highest BCUT2D eigenvalue weighted by Gasteiger charge is 2.29. The van der Waals surface area contributed by atoms with Crippen LogP contribution in [0.1, 0.15) is 40.0 Å². The van der Waals surface area contributed by atoms with E-state index in [-0.39, 0.29) is 18.6 Å². The molecule has 0 radical (unpaired) electrons. The molecule has 0 saturated carbocycles. The van der Waals surface area contributed by atoms with Crippen molar-refractivity contribution < 1.29 is 14.7 Å². The van der Waals surface area contributed by atoms with E-state index in [4.69, 9.17) is 5.11 Å². The first kappa shape index (κ1) is 14.5. The predicted molar refractivity (Wildman–Crippen MR) is 69.4 cm³/mol. The molecule has 2 amide bonds. The Kier molecular flexibility index (Phi) is 4.76. The summed E-state index contributed by atoms with van der Waals surface area (Å²) in [5.74, 6) is -0.997. The number of carbonyl (C=O) groups is 2. The summed E-state index contributed by atoms with van der Waals surface area (Å²) in [5, 5.41) is 11.8. The molecule has 1 rings (SSSR count). The standard InChI is InChI=1S/C13H22N2O3/c1-13(2,3)15(9-11(16)17)12(18)14-10-7-5-4-6-8-10/h4-5,10H,6-9H2,1-3H3,(H,14,18)(H,16,17). The van der Waals surface area contributed by atoms with E-state index in [9.17, 15) is 9.59 Å². The number of hydrogen-bond acceptors (Lipinski definition) is 2. The van der Waals surface area contributed by atoms with Crippen molar-refractivity contribution in [1.82, 2.24) is 10.2 Å². The molecule has 1 unspecified atom stereocenters. The van der Waals surface area contributed by atoms with Crippen LogP contribution in [-0.4, -0.2) is 40.1 Å². The van der Waals surface area contributed by atoms with Gasteiger partial charge in [-0.3, -0.25) is 4.79 Å². The van der Waals surface area contributed by atoms with Crippen molar-refractivity contribution in [2.24, 2.45) is 0 Å². The van der Waals surface area contributed by atoms with Gasteiger partial charge in [0.1, 0.15) is 6.54 Å². The molecule has 0 aromatic rings. The molecule has 0 fully saturated rings. The maximum Gasteiger partial charge on any atom is 0.323 e. The van der Waals surface area contributed by atoms with E-state index in [1.54, 1.807) is 0 Å². The zero-order chi connectivity index (χ0) is 13.8. The smallest absolute Gasteiger partial charge is 0.323 e. The van der Waals surface area contributed by atoms with Crippen molar-refractivity contribution in [3.05, 3.63) is 12.2 Å². The van der Waals surface area contributed by atoms with Gasteiger partial charge in [-0.1, -0.05) is 12.2 Å². The molecule has 18 heavy (non-hydrogen) atoms. The first-order valence-electron chi connectivity index (χ1n) is 6.25. The fraction of sp³-hybridized carbons (Fsp3) is 0.692. The van der Waals surface area contributed by atoms with E-state index >= 15 is 0 Å². The van der Waals surface area contributed by atoms with Gasteiger partial charge in [-0.2, -0.15) is 0 Å². The Hall–Kier alpha value is -1.52. The van der Waals surface area contributed by atoms with Crippen LogP contribution in [0.5, 0.6) is 0 Å². The molecule has 0 heterocycles. The van der Waals surface area contributed by atoms with Gasteiger partial charge < -0.3 is 15.3 Å². The number of hydrogen-bond donors (Lipinski definition) is 2. The Morgan fingerprint density at radius 1 is 1.39 bits per heavy atom. The van der Waals surface area contributed by atoms with Gasteiger partial charge in [-0.05, 0) is 40.0 Å². The quantitative estimate of drug-likeness (QED) is 0.757. The maximum atomic E-state index is 12.1. The van der Waals surface area contributed by atoms with E-state index in [2.05, 4.69) is 11.4 Å². The molecule has 5 nitrogen and oxygen atoms in total. The molecule has 102 valence electrons. The summed E-state index contributed by atoms with van der Waals surface area (Å²) in [6.07, 6.45) is 6.83. The second kappa shape index (κ2) is 5.89. The van der Waals surface area contributed by atoms with Crippen molar-refractivity contribution in [3.8, 4) is 0 Å².